The third-order valence-electron chi connectivity index (χ3n) is 7.11. The number of benzene rings is 1. The number of pyridine rings is 2. The number of unbranched alkanes of at least 4 members (excludes halogenated alkanes) is 1. The molecule has 0 radical (unpaired) electrons. The number of aromatic nitrogens is 4. The van der Waals surface area contributed by atoms with Gasteiger partial charge in [-0.05, 0) is 59.2 Å². The second kappa shape index (κ2) is 14.5. The van der Waals surface area contributed by atoms with Crippen molar-refractivity contribution in [1.29, 1.82) is 0 Å². The fourth-order valence-corrected chi connectivity index (χ4v) is 6.61. The number of nitrogens with two attached hydrogens (primary N) is 1. The molecule has 0 aliphatic heterocycles. The maximum absolute atomic E-state index is 14.4. The van der Waals surface area contributed by atoms with Gasteiger partial charge in [0.2, 0.25) is 0 Å². The lowest BCUT2D eigenvalue weighted by Gasteiger charge is -2.35. The first kappa shape index (κ1) is 33.3. The highest BCUT2D eigenvalue weighted by Crippen LogP contribution is 2.47. The number of fused-ring (bicyclic) bond motifs is 3. The molecule has 1 aromatic carbocycles. The van der Waals surface area contributed by atoms with E-state index in [9.17, 15) is 9.36 Å². The standard InChI is InChI=1S/C31H43N6O6P/c1-7-9-16-31(6,20-41-44(39,43-23-14-17-33-18-15-23)36-22(5)30(38)42-21(3)4)37-26(19-40-8-2)35-27-28(37)24-12-10-11-13-25(24)34-29(27)32/h10-15,17-18,21-22H,7-9,16,19-20H2,1-6H3,(H2,32,34)(H,36,39)/t22-,31?,44-/m0/s1. The summed E-state index contributed by atoms with van der Waals surface area (Å²) in [5, 5.41) is 3.65. The largest absolute Gasteiger partial charge is 0.462 e. The topological polar surface area (TPSA) is 153 Å². The number of hydrogen-bond acceptors (Lipinski definition) is 10. The van der Waals surface area contributed by atoms with Gasteiger partial charge in [-0.1, -0.05) is 38.0 Å². The van der Waals surface area contributed by atoms with Crippen molar-refractivity contribution in [2.75, 3.05) is 18.9 Å². The average Bonchev–Trinajstić information content (AvgIpc) is 3.39. The zero-order valence-corrected chi connectivity index (χ0v) is 27.2. The monoisotopic (exact) mass is 626 g/mol. The van der Waals surface area contributed by atoms with Crippen molar-refractivity contribution >= 4 is 41.5 Å². The van der Waals surface area contributed by atoms with E-state index < -0.39 is 25.3 Å². The molecule has 3 N–H and O–H groups in total. The molecule has 0 spiro atoms. The molecule has 0 saturated heterocycles. The lowest BCUT2D eigenvalue weighted by Crippen LogP contribution is -2.40. The lowest BCUT2D eigenvalue weighted by atomic mass is 9.94. The number of hydrogen-bond donors (Lipinski definition) is 2. The van der Waals surface area contributed by atoms with Crippen LogP contribution in [0.4, 0.5) is 5.82 Å². The molecule has 0 amide bonds. The van der Waals surface area contributed by atoms with Crippen molar-refractivity contribution in [1.82, 2.24) is 24.6 Å². The van der Waals surface area contributed by atoms with Gasteiger partial charge in [0.1, 0.15) is 29.7 Å². The summed E-state index contributed by atoms with van der Waals surface area (Å²) in [4.78, 5) is 26.2. The minimum absolute atomic E-state index is 0.0601. The Morgan fingerprint density at radius 3 is 2.52 bits per heavy atom. The predicted molar refractivity (Wildman–Crippen MR) is 170 cm³/mol. The summed E-state index contributed by atoms with van der Waals surface area (Å²) in [5.41, 5.74) is 7.72. The molecule has 3 aromatic heterocycles. The number of carbonyl (C=O) groups excluding carboxylic acids is 1. The van der Waals surface area contributed by atoms with Gasteiger partial charge in [-0.3, -0.25) is 14.3 Å². The van der Waals surface area contributed by atoms with E-state index in [1.165, 1.54) is 12.4 Å². The Labute approximate surface area is 258 Å². The van der Waals surface area contributed by atoms with Gasteiger partial charge in [-0.25, -0.2) is 14.5 Å². The van der Waals surface area contributed by atoms with E-state index >= 15 is 0 Å². The first-order valence-electron chi connectivity index (χ1n) is 15.0. The summed E-state index contributed by atoms with van der Waals surface area (Å²) in [7, 11) is -4.16. The second-order valence-corrected chi connectivity index (χ2v) is 12.9. The summed E-state index contributed by atoms with van der Waals surface area (Å²) >= 11 is 0. The van der Waals surface area contributed by atoms with E-state index in [1.807, 2.05) is 38.1 Å². The van der Waals surface area contributed by atoms with Crippen LogP contribution in [0.25, 0.3) is 21.9 Å². The molecule has 0 saturated carbocycles. The Balaban J connectivity index is 1.81. The van der Waals surface area contributed by atoms with Gasteiger partial charge in [-0.2, -0.15) is 5.09 Å². The Morgan fingerprint density at radius 1 is 1.11 bits per heavy atom. The number of para-hydroxylation sites is 1. The van der Waals surface area contributed by atoms with Crippen LogP contribution < -0.4 is 15.3 Å². The van der Waals surface area contributed by atoms with Gasteiger partial charge in [0.05, 0.1) is 29.3 Å². The SMILES string of the molecule is CCCCC(C)(CO[P@@](=O)(N[C@@H](C)C(=O)OC(C)C)Oc1ccncc1)n1c(COCC)nc2c(N)nc3ccccc3c21. The van der Waals surface area contributed by atoms with Gasteiger partial charge in [-0.15, -0.1) is 0 Å². The van der Waals surface area contributed by atoms with Crippen LogP contribution in [0.15, 0.2) is 48.8 Å². The molecule has 0 fully saturated rings. The van der Waals surface area contributed by atoms with Crippen LogP contribution in [0.1, 0.15) is 66.6 Å². The van der Waals surface area contributed by atoms with Crippen LogP contribution in [0.3, 0.4) is 0 Å². The Morgan fingerprint density at radius 2 is 1.84 bits per heavy atom. The first-order valence-corrected chi connectivity index (χ1v) is 16.5. The molecule has 3 heterocycles. The normalized spacial score (nSPS) is 15.2. The van der Waals surface area contributed by atoms with Crippen molar-refractivity contribution in [2.45, 2.75) is 85.1 Å². The van der Waals surface area contributed by atoms with E-state index in [2.05, 4.69) is 26.5 Å². The highest BCUT2D eigenvalue weighted by molar-refractivity contribution is 7.52. The fraction of sp³-hybridized carbons (Fsp3) is 0.484. The van der Waals surface area contributed by atoms with Crippen LogP contribution in [0.5, 0.6) is 5.75 Å². The van der Waals surface area contributed by atoms with Crippen LogP contribution in [-0.2, 0) is 35.5 Å². The minimum Gasteiger partial charge on any atom is -0.462 e. The number of ether oxygens (including phenoxy) is 2. The summed E-state index contributed by atoms with van der Waals surface area (Å²) in [6, 6.07) is 9.89. The van der Waals surface area contributed by atoms with E-state index in [1.54, 1.807) is 32.9 Å². The maximum Gasteiger partial charge on any atom is 0.459 e. The van der Waals surface area contributed by atoms with E-state index in [4.69, 9.17) is 29.2 Å². The zero-order valence-electron chi connectivity index (χ0n) is 26.3. The Kier molecular flexibility index (Phi) is 11.0. The molecule has 3 atom stereocenters. The molecule has 12 nitrogen and oxygen atoms in total. The minimum atomic E-state index is -4.16. The number of nitrogens with one attached hydrogen (secondary N) is 1. The van der Waals surface area contributed by atoms with Gasteiger partial charge in [0.25, 0.3) is 0 Å². The van der Waals surface area contributed by atoms with Gasteiger partial charge in [0.15, 0.2) is 5.82 Å². The number of carbonyl (C=O) groups is 1. The van der Waals surface area contributed by atoms with Crippen molar-refractivity contribution < 1.29 is 27.9 Å². The second-order valence-electron chi connectivity index (χ2n) is 11.2. The third-order valence-corrected chi connectivity index (χ3v) is 8.74. The summed E-state index contributed by atoms with van der Waals surface area (Å²) in [5.74, 6) is 0.635. The van der Waals surface area contributed by atoms with Crippen LogP contribution in [-0.4, -0.2) is 50.8 Å². The fourth-order valence-electron chi connectivity index (χ4n) is 5.00. The predicted octanol–water partition coefficient (Wildman–Crippen LogP) is 6.14. The summed E-state index contributed by atoms with van der Waals surface area (Å²) in [6.07, 6.45) is 5.08. The highest BCUT2D eigenvalue weighted by Gasteiger charge is 2.39. The van der Waals surface area contributed by atoms with E-state index in [0.29, 0.717) is 30.2 Å². The van der Waals surface area contributed by atoms with E-state index in [0.717, 1.165) is 29.3 Å². The molecule has 4 aromatic rings. The number of imidazole rings is 1. The van der Waals surface area contributed by atoms with Crippen LogP contribution in [0.2, 0.25) is 0 Å². The Hall–Kier alpha value is -3.57. The zero-order chi connectivity index (χ0) is 31.9. The number of nitrogens with zero attached hydrogens (tertiary/aromatic N) is 4. The summed E-state index contributed by atoms with van der Waals surface area (Å²) < 4.78 is 39.8. The van der Waals surface area contributed by atoms with E-state index in [-0.39, 0.29) is 25.1 Å². The van der Waals surface area contributed by atoms with Crippen LogP contribution >= 0.6 is 7.75 Å². The quantitative estimate of drug-likeness (QED) is 0.109. The molecule has 0 aliphatic carbocycles. The maximum atomic E-state index is 14.4. The number of anilines is 1. The Bertz CT molecular complexity index is 1610. The molecule has 1 unspecified atom stereocenters. The van der Waals surface area contributed by atoms with Crippen LogP contribution in [0, 0.1) is 0 Å². The third kappa shape index (κ3) is 7.74. The summed E-state index contributed by atoms with van der Waals surface area (Å²) in [6.45, 7) is 11.7. The smallest absolute Gasteiger partial charge is 0.459 e. The molecular formula is C31H43N6O6P. The first-order chi connectivity index (χ1) is 21.0. The number of nitrogen functional groups attached to an aromatic ring is 1. The molecule has 4 rings (SSSR count). The van der Waals surface area contributed by atoms with Crippen molar-refractivity contribution in [3.63, 3.8) is 0 Å². The average molecular weight is 627 g/mol. The van der Waals surface area contributed by atoms with Gasteiger partial charge >= 0.3 is 13.7 Å². The molecule has 44 heavy (non-hydrogen) atoms. The van der Waals surface area contributed by atoms with Crippen molar-refractivity contribution in [2.24, 2.45) is 0 Å². The van der Waals surface area contributed by atoms with Crippen molar-refractivity contribution in [3.8, 4) is 5.75 Å². The van der Waals surface area contributed by atoms with Gasteiger partial charge in [0, 0.05) is 24.4 Å². The molecule has 0 aliphatic rings. The lowest BCUT2D eigenvalue weighted by molar-refractivity contribution is -0.149. The molecule has 0 bridgehead atoms. The van der Waals surface area contributed by atoms with Gasteiger partial charge < -0.3 is 24.3 Å². The molecular weight excluding hydrogens is 583 g/mol. The highest BCUT2D eigenvalue weighted by atomic mass is 31.2. The number of rotatable bonds is 16. The number of esters is 1. The molecule has 238 valence electrons. The molecule has 13 heteroatoms. The van der Waals surface area contributed by atoms with Crippen molar-refractivity contribution in [3.05, 3.63) is 54.6 Å².